The Labute approximate surface area is 65.9 Å². The van der Waals surface area contributed by atoms with Crippen molar-refractivity contribution in [3.8, 4) is 5.75 Å². The lowest BCUT2D eigenvalue weighted by atomic mass is 10.1. The highest BCUT2D eigenvalue weighted by Gasteiger charge is 2.25. The van der Waals surface area contributed by atoms with Crippen molar-refractivity contribution in [2.24, 2.45) is 0 Å². The van der Waals surface area contributed by atoms with Gasteiger partial charge in [-0.2, -0.15) is 0 Å². The number of rotatable bonds is 1. The molecule has 2 rings (SSSR count). The third kappa shape index (κ3) is 1.10. The monoisotopic (exact) mass is 149 g/mol. The molecule has 2 N–H and O–H groups in total. The highest BCUT2D eigenvalue weighted by molar-refractivity contribution is 5.43. The minimum atomic E-state index is 0.398. The number of benzene rings is 1. The van der Waals surface area contributed by atoms with Gasteiger partial charge < -0.3 is 10.4 Å². The molecule has 0 radical (unpaired) electrons. The maximum Gasteiger partial charge on any atom is 0.123 e. The van der Waals surface area contributed by atoms with Crippen LogP contribution in [0.4, 0.5) is 0 Å². The molecule has 0 bridgehead atoms. The third-order valence-electron chi connectivity index (χ3n) is 2.05. The zero-order chi connectivity index (χ0) is 7.84. The van der Waals surface area contributed by atoms with Gasteiger partial charge in [-0.25, -0.2) is 0 Å². The van der Waals surface area contributed by atoms with Crippen LogP contribution in [0, 0.1) is 6.92 Å². The zero-order valence-electron chi connectivity index (χ0n) is 6.46. The fourth-order valence-electron chi connectivity index (χ4n) is 1.24. The Balaban J connectivity index is 2.45. The number of hydrogen-bond donors (Lipinski definition) is 2. The van der Waals surface area contributed by atoms with Crippen molar-refractivity contribution < 1.29 is 5.11 Å². The van der Waals surface area contributed by atoms with Crippen molar-refractivity contribution in [2.45, 2.75) is 13.0 Å². The average Bonchev–Trinajstić information content (AvgIpc) is 2.77. The average molecular weight is 149 g/mol. The molecule has 2 heteroatoms. The Morgan fingerprint density at radius 2 is 2.27 bits per heavy atom. The van der Waals surface area contributed by atoms with E-state index < -0.39 is 0 Å². The number of nitrogens with one attached hydrogen (secondary N) is 1. The second-order valence-electron chi connectivity index (χ2n) is 2.97. The van der Waals surface area contributed by atoms with E-state index in [0.29, 0.717) is 11.8 Å². The van der Waals surface area contributed by atoms with Crippen LogP contribution in [-0.4, -0.2) is 11.7 Å². The molecule has 0 amide bonds. The van der Waals surface area contributed by atoms with Crippen molar-refractivity contribution in [2.75, 3.05) is 6.54 Å². The summed E-state index contributed by atoms with van der Waals surface area (Å²) in [6.07, 6.45) is 0. The molecule has 0 spiro atoms. The van der Waals surface area contributed by atoms with Gasteiger partial charge in [-0.3, -0.25) is 0 Å². The predicted octanol–water partition coefficient (Wildman–Crippen LogP) is 1.34. The maximum atomic E-state index is 9.57. The summed E-state index contributed by atoms with van der Waals surface area (Å²) in [4.78, 5) is 0. The van der Waals surface area contributed by atoms with Gasteiger partial charge in [0.05, 0.1) is 0 Å². The second-order valence-corrected chi connectivity index (χ2v) is 2.97. The molecule has 58 valence electrons. The molecule has 1 atom stereocenters. The van der Waals surface area contributed by atoms with E-state index in [0.717, 1.165) is 17.7 Å². The molecule has 1 fully saturated rings. The molecule has 1 aromatic carbocycles. The number of hydrogen-bond acceptors (Lipinski definition) is 2. The molecular formula is C9H11NO. The van der Waals surface area contributed by atoms with Gasteiger partial charge in [-0.1, -0.05) is 18.2 Å². The van der Waals surface area contributed by atoms with Gasteiger partial charge in [0.2, 0.25) is 0 Å². The van der Waals surface area contributed by atoms with Crippen LogP contribution in [0.2, 0.25) is 0 Å². The largest absolute Gasteiger partial charge is 0.507 e. The van der Waals surface area contributed by atoms with E-state index in [9.17, 15) is 5.11 Å². The Bertz CT molecular complexity index is 279. The van der Waals surface area contributed by atoms with Crippen LogP contribution in [0.1, 0.15) is 17.2 Å². The molecule has 1 aliphatic heterocycles. The molecule has 2 nitrogen and oxygen atoms in total. The summed E-state index contributed by atoms with van der Waals surface area (Å²) in [5.74, 6) is 0.447. The fourth-order valence-corrected chi connectivity index (χ4v) is 1.24. The van der Waals surface area contributed by atoms with Crippen LogP contribution in [0.3, 0.4) is 0 Å². The highest BCUT2D eigenvalue weighted by Crippen LogP contribution is 2.31. The number of para-hydroxylation sites is 1. The quantitative estimate of drug-likeness (QED) is 0.592. The maximum absolute atomic E-state index is 9.57. The van der Waals surface area contributed by atoms with Crippen LogP contribution in [0.15, 0.2) is 18.2 Å². The first-order valence-corrected chi connectivity index (χ1v) is 3.81. The van der Waals surface area contributed by atoms with Gasteiger partial charge in [0, 0.05) is 18.2 Å². The van der Waals surface area contributed by atoms with Crippen LogP contribution >= 0.6 is 0 Å². The van der Waals surface area contributed by atoms with Crippen LogP contribution in [-0.2, 0) is 0 Å². The minimum absolute atomic E-state index is 0.398. The van der Waals surface area contributed by atoms with Gasteiger partial charge in [-0.15, -0.1) is 0 Å². The summed E-state index contributed by atoms with van der Waals surface area (Å²) in [6, 6.07) is 6.26. The summed E-state index contributed by atoms with van der Waals surface area (Å²) < 4.78 is 0. The van der Waals surface area contributed by atoms with Crippen LogP contribution < -0.4 is 5.32 Å². The lowest BCUT2D eigenvalue weighted by Crippen LogP contribution is -1.86. The smallest absolute Gasteiger partial charge is 0.123 e. The van der Waals surface area contributed by atoms with Gasteiger partial charge >= 0.3 is 0 Å². The van der Waals surface area contributed by atoms with Crippen LogP contribution in [0.25, 0.3) is 0 Å². The second kappa shape index (κ2) is 2.24. The SMILES string of the molecule is Cc1cccc([C@H]2CN2)c1O. The summed E-state index contributed by atoms with van der Waals surface area (Å²) in [7, 11) is 0. The number of phenolic OH excluding ortho intramolecular Hbond substituents is 1. The highest BCUT2D eigenvalue weighted by atomic mass is 16.3. The van der Waals surface area contributed by atoms with E-state index in [1.165, 1.54) is 0 Å². The Morgan fingerprint density at radius 3 is 2.91 bits per heavy atom. The van der Waals surface area contributed by atoms with Crippen LogP contribution in [0.5, 0.6) is 5.75 Å². The van der Waals surface area contributed by atoms with E-state index in [2.05, 4.69) is 5.32 Å². The van der Waals surface area contributed by atoms with E-state index in [1.54, 1.807) is 0 Å². The molecule has 1 saturated heterocycles. The van der Waals surface area contributed by atoms with Crippen molar-refractivity contribution in [3.63, 3.8) is 0 Å². The van der Waals surface area contributed by atoms with E-state index in [-0.39, 0.29) is 0 Å². The summed E-state index contributed by atoms with van der Waals surface area (Å²) in [5, 5.41) is 12.7. The normalized spacial score (nSPS) is 21.7. The molecule has 0 aliphatic carbocycles. The van der Waals surface area contributed by atoms with Gasteiger partial charge in [0.25, 0.3) is 0 Å². The van der Waals surface area contributed by atoms with Gasteiger partial charge in [0.15, 0.2) is 0 Å². The van der Waals surface area contributed by atoms with Crippen molar-refractivity contribution in [1.29, 1.82) is 0 Å². The molecular weight excluding hydrogens is 138 g/mol. The first kappa shape index (κ1) is 6.68. The number of phenols is 1. The Hall–Kier alpha value is -1.02. The van der Waals surface area contributed by atoms with E-state index >= 15 is 0 Å². The Kier molecular flexibility index (Phi) is 1.36. The van der Waals surface area contributed by atoms with Gasteiger partial charge in [0.1, 0.15) is 5.75 Å². The van der Waals surface area contributed by atoms with Crippen molar-refractivity contribution >= 4 is 0 Å². The van der Waals surface area contributed by atoms with Gasteiger partial charge in [-0.05, 0) is 12.5 Å². The molecule has 1 heterocycles. The molecule has 0 aromatic heterocycles. The van der Waals surface area contributed by atoms with E-state index in [4.69, 9.17) is 0 Å². The topological polar surface area (TPSA) is 42.2 Å². The molecule has 1 aromatic rings. The lowest BCUT2D eigenvalue weighted by molar-refractivity contribution is 0.464. The van der Waals surface area contributed by atoms with E-state index in [1.807, 2.05) is 25.1 Å². The third-order valence-corrected chi connectivity index (χ3v) is 2.05. The molecule has 0 saturated carbocycles. The summed E-state index contributed by atoms with van der Waals surface area (Å²) in [5.41, 5.74) is 1.99. The van der Waals surface area contributed by atoms with Crippen molar-refractivity contribution in [3.05, 3.63) is 29.3 Å². The molecule has 0 unspecified atom stereocenters. The fraction of sp³-hybridized carbons (Fsp3) is 0.333. The minimum Gasteiger partial charge on any atom is -0.507 e. The summed E-state index contributed by atoms with van der Waals surface area (Å²) >= 11 is 0. The lowest BCUT2D eigenvalue weighted by Gasteiger charge is -2.03. The predicted molar refractivity (Wildman–Crippen MR) is 43.6 cm³/mol. The molecule has 11 heavy (non-hydrogen) atoms. The first-order chi connectivity index (χ1) is 5.29. The van der Waals surface area contributed by atoms with Crippen molar-refractivity contribution in [1.82, 2.24) is 5.32 Å². The number of aryl methyl sites for hydroxylation is 1. The first-order valence-electron chi connectivity index (χ1n) is 3.81. The zero-order valence-corrected chi connectivity index (χ0v) is 6.46. The summed E-state index contributed by atoms with van der Waals surface area (Å²) in [6.45, 7) is 2.91. The Morgan fingerprint density at radius 1 is 1.55 bits per heavy atom. The molecule has 1 aliphatic rings. The number of aromatic hydroxyl groups is 1. The standard InChI is InChI=1S/C9H11NO/c1-6-3-2-4-7(9(6)11)8-5-10-8/h2-4,8,10-11H,5H2,1H3/t8-/m1/s1.